The highest BCUT2D eigenvalue weighted by molar-refractivity contribution is 5.98. The molecule has 0 aromatic heterocycles. The Labute approximate surface area is 392 Å². The number of hydrogen-bond acceptors (Lipinski definition) is 0. The maximum atomic E-state index is 2.49. The van der Waals surface area contributed by atoms with Gasteiger partial charge in [-0.05, 0) is 134 Å². The Kier molecular flexibility index (Phi) is 8.43. The van der Waals surface area contributed by atoms with E-state index in [1.807, 2.05) is 0 Å². The molecule has 0 aliphatic heterocycles. The van der Waals surface area contributed by atoms with E-state index in [0.29, 0.717) is 0 Å². The van der Waals surface area contributed by atoms with Crippen LogP contribution in [-0.4, -0.2) is 0 Å². The Hall–Kier alpha value is -8.32. The average molecular weight is 849 g/mol. The Bertz CT molecular complexity index is 3710. The fourth-order valence-electron chi connectivity index (χ4n) is 12.5. The molecule has 0 nitrogen and oxygen atoms in total. The zero-order valence-corrected chi connectivity index (χ0v) is 36.9. The predicted octanol–water partition coefficient (Wildman–Crippen LogP) is 16.9. The zero-order chi connectivity index (χ0) is 44.1. The summed E-state index contributed by atoms with van der Waals surface area (Å²) in [6.07, 6.45) is 0. The Morgan fingerprint density at radius 3 is 1.57 bits per heavy atom. The zero-order valence-electron chi connectivity index (χ0n) is 36.9. The van der Waals surface area contributed by atoms with E-state index in [-0.39, 0.29) is 11.8 Å². The van der Waals surface area contributed by atoms with Crippen LogP contribution in [0.25, 0.3) is 66.4 Å². The minimum atomic E-state index is -0.473. The number of benzene rings is 11. The van der Waals surface area contributed by atoms with Crippen molar-refractivity contribution in [3.63, 3.8) is 0 Å². The molecule has 0 heteroatoms. The van der Waals surface area contributed by atoms with Crippen molar-refractivity contribution in [2.45, 2.75) is 17.3 Å². The monoisotopic (exact) mass is 848 g/mol. The third-order valence-corrected chi connectivity index (χ3v) is 15.3. The molecule has 0 heterocycles. The van der Waals surface area contributed by atoms with Crippen LogP contribution < -0.4 is 0 Å². The van der Waals surface area contributed by atoms with E-state index in [0.717, 1.165) is 0 Å². The van der Waals surface area contributed by atoms with Crippen molar-refractivity contribution in [1.82, 2.24) is 0 Å². The van der Waals surface area contributed by atoms with E-state index in [9.17, 15) is 0 Å². The van der Waals surface area contributed by atoms with E-state index in [2.05, 4.69) is 255 Å². The maximum Gasteiger partial charge on any atom is 0.0713 e. The molecule has 0 N–H and O–H groups in total. The van der Waals surface area contributed by atoms with Gasteiger partial charge < -0.3 is 0 Å². The van der Waals surface area contributed by atoms with Crippen LogP contribution in [0.2, 0.25) is 0 Å². The highest BCUT2D eigenvalue weighted by Gasteiger charge is 2.49. The lowest BCUT2D eigenvalue weighted by atomic mass is 9.67. The molecule has 0 amide bonds. The second-order valence-corrected chi connectivity index (χ2v) is 18.6. The summed E-state index contributed by atoms with van der Waals surface area (Å²) < 4.78 is 0. The molecule has 2 unspecified atom stereocenters. The summed E-state index contributed by atoms with van der Waals surface area (Å²) in [5.41, 5.74) is 25.9. The van der Waals surface area contributed by atoms with Crippen molar-refractivity contribution in [2.24, 2.45) is 0 Å². The lowest BCUT2D eigenvalue weighted by molar-refractivity contribution is 0.767. The van der Waals surface area contributed by atoms with E-state index in [1.165, 1.54) is 122 Å². The van der Waals surface area contributed by atoms with Gasteiger partial charge in [-0.15, -0.1) is 0 Å². The summed E-state index contributed by atoms with van der Waals surface area (Å²) in [5, 5.41) is 2.53. The van der Waals surface area contributed by atoms with E-state index in [4.69, 9.17) is 0 Å². The molecule has 3 aliphatic carbocycles. The van der Waals surface area contributed by atoms with Crippen molar-refractivity contribution in [3.05, 3.63) is 310 Å². The van der Waals surface area contributed by atoms with Crippen LogP contribution in [0, 0.1) is 0 Å². The molecular formula is C67H44. The Balaban J connectivity index is 0.964. The molecule has 0 saturated carbocycles. The molecule has 11 aromatic rings. The number of hydrogen-bond donors (Lipinski definition) is 0. The number of rotatable bonds is 6. The first-order chi connectivity index (χ1) is 33.2. The first-order valence-corrected chi connectivity index (χ1v) is 23.6. The molecule has 0 saturated heterocycles. The summed E-state index contributed by atoms with van der Waals surface area (Å²) >= 11 is 0. The molecule has 0 fully saturated rings. The largest absolute Gasteiger partial charge is 0.0713 e. The Morgan fingerprint density at radius 1 is 0.269 bits per heavy atom. The van der Waals surface area contributed by atoms with Crippen molar-refractivity contribution in [2.75, 3.05) is 0 Å². The SMILES string of the molecule is c1ccc(-c2cccc(C3c4ccccc4-c4cc(-c5ccc6c(c5)-c5ccc7c(c5C6c5ccc6ccccc6c5)-c5ccccc5C7(c5ccccc5)c5ccccc5)ccc43)c2)cc1. The molecule has 0 radical (unpaired) electrons. The highest BCUT2D eigenvalue weighted by atomic mass is 14.5. The van der Waals surface area contributed by atoms with Crippen molar-refractivity contribution in [3.8, 4) is 55.6 Å². The third kappa shape index (κ3) is 5.60. The van der Waals surface area contributed by atoms with Crippen molar-refractivity contribution < 1.29 is 0 Å². The highest BCUT2D eigenvalue weighted by Crippen LogP contribution is 2.62. The van der Waals surface area contributed by atoms with Crippen LogP contribution in [0.4, 0.5) is 0 Å². The van der Waals surface area contributed by atoms with Crippen LogP contribution in [0.1, 0.15) is 67.5 Å². The molecule has 14 rings (SSSR count). The van der Waals surface area contributed by atoms with Crippen LogP contribution in [0.15, 0.2) is 255 Å². The van der Waals surface area contributed by atoms with Gasteiger partial charge in [0, 0.05) is 11.8 Å². The van der Waals surface area contributed by atoms with Gasteiger partial charge in [-0.25, -0.2) is 0 Å². The first-order valence-electron chi connectivity index (χ1n) is 23.6. The molecule has 11 aromatic carbocycles. The van der Waals surface area contributed by atoms with E-state index >= 15 is 0 Å². The minimum absolute atomic E-state index is 0.0494. The fourth-order valence-corrected chi connectivity index (χ4v) is 12.5. The van der Waals surface area contributed by atoms with Gasteiger partial charge >= 0.3 is 0 Å². The second-order valence-electron chi connectivity index (χ2n) is 18.6. The van der Waals surface area contributed by atoms with E-state index < -0.39 is 5.41 Å². The summed E-state index contributed by atoms with van der Waals surface area (Å²) in [7, 11) is 0. The smallest absolute Gasteiger partial charge is 0.0622 e. The molecule has 312 valence electrons. The summed E-state index contributed by atoms with van der Waals surface area (Å²) in [6.45, 7) is 0. The van der Waals surface area contributed by atoms with Crippen LogP contribution in [0.5, 0.6) is 0 Å². The van der Waals surface area contributed by atoms with Gasteiger partial charge in [-0.2, -0.15) is 0 Å². The summed E-state index contributed by atoms with van der Waals surface area (Å²) in [4.78, 5) is 0. The third-order valence-electron chi connectivity index (χ3n) is 15.3. The van der Waals surface area contributed by atoms with Crippen molar-refractivity contribution in [1.29, 1.82) is 0 Å². The van der Waals surface area contributed by atoms with Crippen LogP contribution in [-0.2, 0) is 5.41 Å². The van der Waals surface area contributed by atoms with Crippen LogP contribution >= 0.6 is 0 Å². The van der Waals surface area contributed by atoms with Gasteiger partial charge in [0.05, 0.1) is 5.41 Å². The molecule has 67 heavy (non-hydrogen) atoms. The fraction of sp³-hybridized carbons (Fsp3) is 0.0448. The van der Waals surface area contributed by atoms with Gasteiger partial charge in [0.2, 0.25) is 0 Å². The Morgan fingerprint density at radius 2 is 0.821 bits per heavy atom. The maximum absolute atomic E-state index is 2.49. The van der Waals surface area contributed by atoms with Gasteiger partial charge in [0.1, 0.15) is 0 Å². The van der Waals surface area contributed by atoms with Crippen molar-refractivity contribution >= 4 is 10.8 Å². The second kappa shape index (κ2) is 14.9. The van der Waals surface area contributed by atoms with Gasteiger partial charge in [-0.3, -0.25) is 0 Å². The standard InChI is InChI=1S/C67H44/c1-4-17-43(18-5-1)46-21-16-22-49(39-46)63-54-28-13-12-27-53(54)59-41-47(33-35-55(59)63)48-34-36-56-60(42-48)57-37-38-62-65(66(57)64(56)50-32-31-44-19-10-11-20-45(44)40-50)58-29-14-15-30-61(58)67(62,51-23-6-2-7-24-51)52-25-8-3-9-26-52/h1-42,63-64H. The molecule has 3 aliphatic rings. The first kappa shape index (κ1) is 38.0. The van der Waals surface area contributed by atoms with Gasteiger partial charge in [0.25, 0.3) is 0 Å². The average Bonchev–Trinajstić information content (AvgIpc) is 4.03. The van der Waals surface area contributed by atoms with Gasteiger partial charge in [0.15, 0.2) is 0 Å². The van der Waals surface area contributed by atoms with Crippen LogP contribution in [0.3, 0.4) is 0 Å². The molecular weight excluding hydrogens is 805 g/mol. The quantitative estimate of drug-likeness (QED) is 0.156. The lowest BCUT2D eigenvalue weighted by Crippen LogP contribution is -2.28. The summed E-state index contributed by atoms with van der Waals surface area (Å²) in [6, 6.07) is 95.9. The lowest BCUT2D eigenvalue weighted by Gasteiger charge is -2.34. The normalized spacial score (nSPS) is 15.6. The number of fused-ring (bicyclic) bond motifs is 11. The topological polar surface area (TPSA) is 0 Å². The van der Waals surface area contributed by atoms with Gasteiger partial charge in [-0.1, -0.05) is 243 Å². The molecule has 0 bridgehead atoms. The molecule has 0 spiro atoms. The van der Waals surface area contributed by atoms with E-state index in [1.54, 1.807) is 0 Å². The molecule has 2 atom stereocenters. The summed E-state index contributed by atoms with van der Waals surface area (Å²) in [5.74, 6) is 0.218. The minimum Gasteiger partial charge on any atom is -0.0622 e. The predicted molar refractivity (Wildman–Crippen MR) is 278 cm³/mol.